The van der Waals surface area contributed by atoms with Gasteiger partial charge in [-0.3, -0.25) is 4.90 Å². The maximum absolute atomic E-state index is 12.4. The van der Waals surface area contributed by atoms with Crippen LogP contribution < -0.4 is 0 Å². The molecule has 7 heteroatoms. The fraction of sp³-hybridized carbons (Fsp3) is 0.471. The SMILES string of the molecule is O=S(=O)(/C=C(\CO)CN1CCC(CN=C=S)CC1)c1ccccc1. The van der Waals surface area contributed by atoms with Crippen molar-refractivity contribution in [2.24, 2.45) is 10.9 Å². The van der Waals surface area contributed by atoms with Crippen LogP contribution in [0.25, 0.3) is 0 Å². The van der Waals surface area contributed by atoms with E-state index in [1.54, 1.807) is 30.3 Å². The number of likely N-dealkylation sites (tertiary alicyclic amines) is 1. The molecule has 0 saturated carbocycles. The summed E-state index contributed by atoms with van der Waals surface area (Å²) < 4.78 is 24.8. The Morgan fingerprint density at radius 2 is 2.00 bits per heavy atom. The molecule has 0 radical (unpaired) electrons. The predicted molar refractivity (Wildman–Crippen MR) is 97.9 cm³/mol. The number of thiocarbonyl (C=S) groups is 1. The molecule has 1 N–H and O–H groups in total. The number of benzene rings is 1. The van der Waals surface area contributed by atoms with Gasteiger partial charge in [0.25, 0.3) is 0 Å². The number of isothiocyanates is 1. The first-order chi connectivity index (χ1) is 11.5. The lowest BCUT2D eigenvalue weighted by molar-refractivity contribution is 0.193. The van der Waals surface area contributed by atoms with Crippen LogP contribution in [-0.2, 0) is 9.84 Å². The molecule has 24 heavy (non-hydrogen) atoms. The molecule has 0 amide bonds. The number of sulfone groups is 1. The lowest BCUT2D eigenvalue weighted by Gasteiger charge is -2.31. The van der Waals surface area contributed by atoms with E-state index in [9.17, 15) is 13.5 Å². The molecule has 0 bridgehead atoms. The lowest BCUT2D eigenvalue weighted by Crippen LogP contribution is -2.36. The van der Waals surface area contributed by atoms with Gasteiger partial charge in [0.1, 0.15) is 0 Å². The van der Waals surface area contributed by atoms with Gasteiger partial charge >= 0.3 is 0 Å². The molecule has 2 rings (SSSR count). The molecule has 1 fully saturated rings. The van der Waals surface area contributed by atoms with Crippen LogP contribution in [0.3, 0.4) is 0 Å². The maximum atomic E-state index is 12.4. The topological polar surface area (TPSA) is 70.0 Å². The monoisotopic (exact) mass is 366 g/mol. The second kappa shape index (κ2) is 9.20. The molecule has 0 atom stereocenters. The summed E-state index contributed by atoms with van der Waals surface area (Å²) in [6, 6.07) is 8.26. The first-order valence-corrected chi connectivity index (χ1v) is 9.87. The maximum Gasteiger partial charge on any atom is 0.199 e. The van der Waals surface area contributed by atoms with E-state index in [-0.39, 0.29) is 11.5 Å². The van der Waals surface area contributed by atoms with Crippen LogP contribution >= 0.6 is 12.2 Å². The van der Waals surface area contributed by atoms with Gasteiger partial charge in [-0.2, -0.15) is 0 Å². The van der Waals surface area contributed by atoms with Gasteiger partial charge in [0.2, 0.25) is 0 Å². The number of aliphatic hydroxyl groups excluding tert-OH is 1. The summed E-state index contributed by atoms with van der Waals surface area (Å²) in [6.07, 6.45) is 1.98. The van der Waals surface area contributed by atoms with Crippen molar-refractivity contribution in [3.63, 3.8) is 0 Å². The van der Waals surface area contributed by atoms with Gasteiger partial charge in [0.15, 0.2) is 9.84 Å². The third kappa shape index (κ3) is 5.61. The second-order valence-corrected chi connectivity index (χ2v) is 7.92. The summed E-state index contributed by atoms with van der Waals surface area (Å²) >= 11 is 4.59. The summed E-state index contributed by atoms with van der Waals surface area (Å²) in [6.45, 7) is 2.63. The molecule has 0 aromatic heterocycles. The van der Waals surface area contributed by atoms with E-state index < -0.39 is 9.84 Å². The fourth-order valence-corrected chi connectivity index (χ4v) is 4.14. The highest BCUT2D eigenvalue weighted by Gasteiger charge is 2.20. The minimum absolute atomic E-state index is 0.243. The van der Waals surface area contributed by atoms with Crippen molar-refractivity contribution >= 4 is 27.2 Å². The van der Waals surface area contributed by atoms with Crippen molar-refractivity contribution in [3.8, 4) is 0 Å². The van der Waals surface area contributed by atoms with Crippen molar-refractivity contribution in [3.05, 3.63) is 41.3 Å². The summed E-state index contributed by atoms with van der Waals surface area (Å²) in [5, 5.41) is 13.1. The average Bonchev–Trinajstić information content (AvgIpc) is 2.61. The fourth-order valence-electron chi connectivity index (χ4n) is 2.80. The van der Waals surface area contributed by atoms with Crippen LogP contribution in [0, 0.1) is 5.92 Å². The van der Waals surface area contributed by atoms with Gasteiger partial charge < -0.3 is 5.11 Å². The van der Waals surface area contributed by atoms with E-state index in [1.165, 1.54) is 5.41 Å². The second-order valence-electron chi connectivity index (χ2n) is 5.94. The molecule has 0 aliphatic carbocycles. The van der Waals surface area contributed by atoms with E-state index >= 15 is 0 Å². The zero-order valence-corrected chi connectivity index (χ0v) is 15.1. The average molecular weight is 367 g/mol. The number of rotatable bonds is 7. The van der Waals surface area contributed by atoms with Crippen molar-refractivity contribution in [2.45, 2.75) is 17.7 Å². The Hall–Kier alpha value is -1.37. The molecule has 5 nitrogen and oxygen atoms in total. The van der Waals surface area contributed by atoms with Gasteiger partial charge in [-0.05, 0) is 61.8 Å². The van der Waals surface area contributed by atoms with Gasteiger partial charge in [-0.15, -0.1) is 0 Å². The smallest absolute Gasteiger partial charge is 0.199 e. The summed E-state index contributed by atoms with van der Waals surface area (Å²) in [4.78, 5) is 6.41. The number of nitrogens with zero attached hydrogens (tertiary/aromatic N) is 2. The number of hydrogen-bond donors (Lipinski definition) is 1. The highest BCUT2D eigenvalue weighted by Crippen LogP contribution is 2.19. The van der Waals surface area contributed by atoms with Gasteiger partial charge in [-0.25, -0.2) is 13.4 Å². The molecular formula is C17H22N2O3S2. The number of hydrogen-bond acceptors (Lipinski definition) is 6. The van der Waals surface area contributed by atoms with E-state index in [2.05, 4.69) is 27.3 Å². The van der Waals surface area contributed by atoms with Gasteiger partial charge in [0, 0.05) is 12.0 Å². The molecule has 1 heterocycles. The van der Waals surface area contributed by atoms with Crippen LogP contribution in [0.5, 0.6) is 0 Å². The van der Waals surface area contributed by atoms with E-state index in [0.29, 0.717) is 24.6 Å². The Kier molecular flexibility index (Phi) is 7.27. The third-order valence-corrected chi connectivity index (χ3v) is 5.85. The Balaban J connectivity index is 1.99. The Labute approximate surface area is 148 Å². The van der Waals surface area contributed by atoms with Gasteiger partial charge in [0.05, 0.1) is 23.2 Å². The van der Waals surface area contributed by atoms with Crippen LogP contribution in [0.2, 0.25) is 0 Å². The third-order valence-electron chi connectivity index (χ3n) is 4.14. The lowest BCUT2D eigenvalue weighted by atomic mass is 9.97. The van der Waals surface area contributed by atoms with Crippen LogP contribution in [0.4, 0.5) is 0 Å². The highest BCUT2D eigenvalue weighted by molar-refractivity contribution is 7.94. The minimum Gasteiger partial charge on any atom is -0.392 e. The predicted octanol–water partition coefficient (Wildman–Crippen LogP) is 2.15. The first kappa shape index (κ1) is 19.0. The standard InChI is InChI=1S/C17H22N2O3S2/c20-12-16(13-24(21,22)17-4-2-1-3-5-17)11-19-8-6-15(7-9-19)10-18-14-23/h1-5,13,15,20H,6-12H2/b16-13-. The summed E-state index contributed by atoms with van der Waals surface area (Å²) in [7, 11) is -3.53. The van der Waals surface area contributed by atoms with Crippen molar-refractivity contribution in [1.29, 1.82) is 0 Å². The first-order valence-electron chi connectivity index (χ1n) is 7.91. The van der Waals surface area contributed by atoms with Gasteiger partial charge in [-0.1, -0.05) is 18.2 Å². The molecule has 1 aromatic carbocycles. The number of aliphatic imine (C=N–C) groups is 1. The molecule has 1 saturated heterocycles. The zero-order valence-electron chi connectivity index (χ0n) is 13.5. The van der Waals surface area contributed by atoms with E-state index in [1.807, 2.05) is 0 Å². The normalized spacial score (nSPS) is 17.5. The summed E-state index contributed by atoms with van der Waals surface area (Å²) in [5.41, 5.74) is 0.509. The highest BCUT2D eigenvalue weighted by atomic mass is 32.2. The molecule has 1 aliphatic rings. The van der Waals surface area contributed by atoms with Crippen molar-refractivity contribution in [1.82, 2.24) is 4.90 Å². The van der Waals surface area contributed by atoms with Crippen LogP contribution in [0.1, 0.15) is 12.8 Å². The van der Waals surface area contributed by atoms with Crippen LogP contribution in [-0.4, -0.2) is 56.4 Å². The molecule has 130 valence electrons. The number of piperidine rings is 1. The Bertz CT molecular complexity index is 703. The largest absolute Gasteiger partial charge is 0.392 e. The van der Waals surface area contributed by atoms with E-state index in [0.717, 1.165) is 25.9 Å². The Morgan fingerprint density at radius 1 is 1.33 bits per heavy atom. The van der Waals surface area contributed by atoms with Crippen molar-refractivity contribution < 1.29 is 13.5 Å². The number of aliphatic hydroxyl groups is 1. The van der Waals surface area contributed by atoms with E-state index in [4.69, 9.17) is 0 Å². The Morgan fingerprint density at radius 3 is 2.58 bits per heavy atom. The van der Waals surface area contributed by atoms with Crippen molar-refractivity contribution in [2.75, 3.05) is 32.8 Å². The molecule has 1 aliphatic heterocycles. The molecule has 1 aromatic rings. The molecule has 0 unspecified atom stereocenters. The molecule has 0 spiro atoms. The summed E-state index contributed by atoms with van der Waals surface area (Å²) in [5.74, 6) is 0.506. The van der Waals surface area contributed by atoms with Crippen LogP contribution in [0.15, 0.2) is 51.2 Å². The molecular weight excluding hydrogens is 344 g/mol. The minimum atomic E-state index is -3.53. The quantitative estimate of drug-likeness (QED) is 0.591. The zero-order chi connectivity index (χ0) is 17.4.